The summed E-state index contributed by atoms with van der Waals surface area (Å²) >= 11 is 0. The number of benzene rings is 2. The highest BCUT2D eigenvalue weighted by molar-refractivity contribution is 5.76. The molecule has 0 saturated carbocycles. The summed E-state index contributed by atoms with van der Waals surface area (Å²) in [6.07, 6.45) is 2.62. The molecule has 1 fully saturated rings. The Morgan fingerprint density at radius 2 is 1.84 bits per heavy atom. The van der Waals surface area contributed by atoms with E-state index >= 15 is 0 Å². The fraction of sp³-hybridized carbons (Fsp3) is 0.333. The first-order valence-corrected chi connectivity index (χ1v) is 10.7. The van der Waals surface area contributed by atoms with Gasteiger partial charge in [-0.25, -0.2) is 0 Å². The predicted octanol–water partition coefficient (Wildman–Crippen LogP) is 2.97. The van der Waals surface area contributed by atoms with E-state index in [4.69, 9.17) is 9.47 Å². The molecule has 8 nitrogen and oxygen atoms in total. The highest BCUT2D eigenvalue weighted by atomic mass is 16.5. The number of aryl methyl sites for hydroxylation is 1. The number of aromatic nitrogens is 3. The number of amides is 1. The van der Waals surface area contributed by atoms with Gasteiger partial charge in [-0.2, -0.15) is 0 Å². The normalized spacial score (nSPS) is 13.2. The Hall–Kier alpha value is -3.68. The van der Waals surface area contributed by atoms with E-state index in [-0.39, 0.29) is 30.0 Å². The number of nitrogens with zero attached hydrogens (tertiary/aromatic N) is 3. The monoisotopic (exact) mass is 434 g/mol. The van der Waals surface area contributed by atoms with E-state index < -0.39 is 0 Å². The minimum atomic E-state index is -0.340. The first-order valence-electron chi connectivity index (χ1n) is 10.7. The fourth-order valence-corrected chi connectivity index (χ4v) is 3.67. The number of nitrogens with one attached hydrogen (secondary N) is 1. The van der Waals surface area contributed by atoms with Gasteiger partial charge in [0.15, 0.2) is 17.3 Å². The molecule has 1 saturated heterocycles. The number of carbonyl (C=O) groups is 1. The maximum atomic E-state index is 12.5. The third kappa shape index (κ3) is 5.14. The Labute approximate surface area is 186 Å². The van der Waals surface area contributed by atoms with Crippen LogP contribution in [0.5, 0.6) is 11.5 Å². The lowest BCUT2D eigenvalue weighted by Crippen LogP contribution is -2.28. The molecule has 2 heterocycles. The van der Waals surface area contributed by atoms with E-state index in [0.717, 1.165) is 31.5 Å². The lowest BCUT2D eigenvalue weighted by atomic mass is 10.2. The van der Waals surface area contributed by atoms with Gasteiger partial charge in [-0.15, -0.1) is 10.2 Å². The molecule has 32 heavy (non-hydrogen) atoms. The van der Waals surface area contributed by atoms with Crippen molar-refractivity contribution in [2.24, 2.45) is 0 Å². The van der Waals surface area contributed by atoms with Crippen LogP contribution in [-0.2, 0) is 17.8 Å². The second-order valence-corrected chi connectivity index (χ2v) is 7.68. The molecule has 0 atom stereocenters. The van der Waals surface area contributed by atoms with Crippen molar-refractivity contribution in [2.75, 3.05) is 20.2 Å². The molecule has 0 unspecified atom stereocenters. The average molecular weight is 434 g/mol. The Morgan fingerprint density at radius 1 is 1.06 bits per heavy atom. The summed E-state index contributed by atoms with van der Waals surface area (Å²) in [6, 6.07) is 15.2. The predicted molar refractivity (Wildman–Crippen MR) is 120 cm³/mol. The van der Waals surface area contributed by atoms with Gasteiger partial charge in [0, 0.05) is 31.5 Å². The van der Waals surface area contributed by atoms with E-state index in [9.17, 15) is 9.59 Å². The summed E-state index contributed by atoms with van der Waals surface area (Å²) < 4.78 is 11.3. The van der Waals surface area contributed by atoms with Gasteiger partial charge in [-0.1, -0.05) is 30.3 Å². The molecule has 0 aliphatic carbocycles. The number of H-pyrrole nitrogens is 1. The van der Waals surface area contributed by atoms with Crippen LogP contribution in [0.2, 0.25) is 0 Å². The van der Waals surface area contributed by atoms with Crippen LogP contribution in [0.25, 0.3) is 11.4 Å². The number of ether oxygens (including phenoxy) is 2. The largest absolute Gasteiger partial charge is 0.493 e. The van der Waals surface area contributed by atoms with Gasteiger partial charge < -0.3 is 19.4 Å². The number of methoxy groups -OCH3 is 1. The van der Waals surface area contributed by atoms with Crippen molar-refractivity contribution >= 4 is 5.91 Å². The van der Waals surface area contributed by atoms with E-state index in [0.29, 0.717) is 29.5 Å². The highest BCUT2D eigenvalue weighted by Crippen LogP contribution is 2.31. The van der Waals surface area contributed by atoms with Gasteiger partial charge in [0.25, 0.3) is 5.56 Å². The standard InChI is InChI=1S/C24H26N4O4/c1-31-21-15-18(9-11-20(21)32-16-17-7-3-2-4-8-17)23-25-24(30)19(26-27-23)10-12-22(29)28-13-5-6-14-28/h2-4,7-9,11,15H,5-6,10,12-14,16H2,1H3,(H,25,27,30). The quantitative estimate of drug-likeness (QED) is 0.585. The van der Waals surface area contributed by atoms with Crippen molar-refractivity contribution in [3.8, 4) is 22.9 Å². The van der Waals surface area contributed by atoms with Crippen LogP contribution in [-0.4, -0.2) is 46.2 Å². The number of hydrogen-bond donors (Lipinski definition) is 1. The Balaban J connectivity index is 1.44. The topological polar surface area (TPSA) is 97.4 Å². The van der Waals surface area contributed by atoms with Crippen LogP contribution in [0.15, 0.2) is 53.3 Å². The van der Waals surface area contributed by atoms with Gasteiger partial charge in [0.05, 0.1) is 7.11 Å². The van der Waals surface area contributed by atoms with Crippen molar-refractivity contribution in [1.29, 1.82) is 0 Å². The van der Waals surface area contributed by atoms with E-state index in [1.54, 1.807) is 25.3 Å². The molecule has 3 aromatic rings. The van der Waals surface area contributed by atoms with Crippen molar-refractivity contribution < 1.29 is 14.3 Å². The number of aromatic amines is 1. The third-order valence-corrected chi connectivity index (χ3v) is 5.47. The minimum absolute atomic E-state index is 0.0589. The molecule has 1 aromatic heterocycles. The van der Waals surface area contributed by atoms with Gasteiger partial charge in [-0.3, -0.25) is 9.59 Å². The zero-order valence-electron chi connectivity index (χ0n) is 18.0. The summed E-state index contributed by atoms with van der Waals surface area (Å²) in [6.45, 7) is 2.01. The molecule has 1 N–H and O–H groups in total. The summed E-state index contributed by atoms with van der Waals surface area (Å²) in [4.78, 5) is 29.3. The SMILES string of the molecule is COc1cc(-c2nnc(CCC(=O)N3CCCC3)c(=O)[nH]2)ccc1OCc1ccccc1. The first-order chi connectivity index (χ1) is 15.6. The lowest BCUT2D eigenvalue weighted by molar-refractivity contribution is -0.130. The molecule has 8 heteroatoms. The number of rotatable bonds is 8. The molecule has 0 bridgehead atoms. The zero-order chi connectivity index (χ0) is 22.3. The summed E-state index contributed by atoms with van der Waals surface area (Å²) in [5.41, 5.74) is 1.62. The lowest BCUT2D eigenvalue weighted by Gasteiger charge is -2.14. The molecule has 166 valence electrons. The van der Waals surface area contributed by atoms with E-state index in [1.807, 2.05) is 35.2 Å². The van der Waals surface area contributed by atoms with Crippen LogP contribution in [0.3, 0.4) is 0 Å². The average Bonchev–Trinajstić information content (AvgIpc) is 3.37. The molecule has 1 aliphatic heterocycles. The third-order valence-electron chi connectivity index (χ3n) is 5.47. The molecule has 4 rings (SSSR count). The second kappa shape index (κ2) is 10.1. The minimum Gasteiger partial charge on any atom is -0.493 e. The van der Waals surface area contributed by atoms with Crippen LogP contribution < -0.4 is 15.0 Å². The van der Waals surface area contributed by atoms with Crippen LogP contribution in [0.1, 0.15) is 30.5 Å². The Kier molecular flexibility index (Phi) is 6.79. The van der Waals surface area contributed by atoms with Crippen molar-refractivity contribution in [3.05, 3.63) is 70.1 Å². The molecule has 1 aliphatic rings. The smallest absolute Gasteiger partial charge is 0.273 e. The van der Waals surface area contributed by atoms with Crippen molar-refractivity contribution in [2.45, 2.75) is 32.3 Å². The van der Waals surface area contributed by atoms with Crippen molar-refractivity contribution in [3.63, 3.8) is 0 Å². The Morgan fingerprint density at radius 3 is 2.56 bits per heavy atom. The summed E-state index contributed by atoms with van der Waals surface area (Å²) in [5.74, 6) is 1.51. The van der Waals surface area contributed by atoms with Crippen molar-refractivity contribution in [1.82, 2.24) is 20.1 Å². The van der Waals surface area contributed by atoms with Crippen LogP contribution in [0, 0.1) is 0 Å². The van der Waals surface area contributed by atoms with Gasteiger partial charge in [0.2, 0.25) is 5.91 Å². The van der Waals surface area contributed by atoms with Gasteiger partial charge in [-0.05, 0) is 36.6 Å². The molecular formula is C24H26N4O4. The molecule has 1 amide bonds. The Bertz CT molecular complexity index is 1120. The van der Waals surface area contributed by atoms with Crippen LogP contribution in [0.4, 0.5) is 0 Å². The molecule has 0 radical (unpaired) electrons. The van der Waals surface area contributed by atoms with Gasteiger partial charge >= 0.3 is 0 Å². The summed E-state index contributed by atoms with van der Waals surface area (Å²) in [5, 5.41) is 8.23. The van der Waals surface area contributed by atoms with E-state index in [2.05, 4.69) is 15.2 Å². The molecule has 0 spiro atoms. The molecule has 2 aromatic carbocycles. The highest BCUT2D eigenvalue weighted by Gasteiger charge is 2.18. The fourth-order valence-electron chi connectivity index (χ4n) is 3.67. The maximum Gasteiger partial charge on any atom is 0.273 e. The first kappa shape index (κ1) is 21.5. The number of hydrogen-bond acceptors (Lipinski definition) is 6. The summed E-state index contributed by atoms with van der Waals surface area (Å²) in [7, 11) is 1.56. The molecular weight excluding hydrogens is 408 g/mol. The maximum absolute atomic E-state index is 12.5. The second-order valence-electron chi connectivity index (χ2n) is 7.68. The van der Waals surface area contributed by atoms with Crippen LogP contribution >= 0.6 is 0 Å². The van der Waals surface area contributed by atoms with Gasteiger partial charge in [0.1, 0.15) is 12.3 Å². The number of carbonyl (C=O) groups excluding carboxylic acids is 1. The zero-order valence-corrected chi connectivity index (χ0v) is 18.0. The van der Waals surface area contributed by atoms with E-state index in [1.165, 1.54) is 0 Å². The number of likely N-dealkylation sites (tertiary alicyclic amines) is 1.